The third-order valence-corrected chi connectivity index (χ3v) is 4.51. The molecule has 6 nitrogen and oxygen atoms in total. The van der Waals surface area contributed by atoms with Gasteiger partial charge in [-0.3, -0.25) is 0 Å². The van der Waals surface area contributed by atoms with Crippen molar-refractivity contribution in [2.45, 2.75) is 0 Å². The van der Waals surface area contributed by atoms with E-state index in [0.717, 1.165) is 37.6 Å². The van der Waals surface area contributed by atoms with Crippen molar-refractivity contribution in [3.8, 4) is 17.1 Å². The van der Waals surface area contributed by atoms with Gasteiger partial charge in [0.15, 0.2) is 0 Å². The largest absolute Gasteiger partial charge is 0.495 e. The Kier molecular flexibility index (Phi) is 4.43. The number of hydrogen-bond acceptors (Lipinski definition) is 6. The molecule has 2 heterocycles. The lowest BCUT2D eigenvalue weighted by molar-refractivity contribution is 0.405. The standard InChI is InChI=1S/C19H19FN4O2/c1-25-17-9-5-4-8-16(17)23-10-12-24(13-11-23)19-21-18(22-26-19)14-6-2-3-7-15(14)20/h2-9H,10-13H2,1H3. The summed E-state index contributed by atoms with van der Waals surface area (Å²) in [6.07, 6.45) is 0. The summed E-state index contributed by atoms with van der Waals surface area (Å²) in [5, 5.41) is 3.93. The van der Waals surface area contributed by atoms with Crippen LogP contribution in [0.4, 0.5) is 16.1 Å². The van der Waals surface area contributed by atoms with E-state index in [1.165, 1.54) is 6.07 Å². The van der Waals surface area contributed by atoms with Gasteiger partial charge in [0, 0.05) is 26.2 Å². The van der Waals surface area contributed by atoms with E-state index in [2.05, 4.69) is 21.1 Å². The molecule has 1 saturated heterocycles. The lowest BCUT2D eigenvalue weighted by Crippen LogP contribution is -2.46. The summed E-state index contributed by atoms with van der Waals surface area (Å²) >= 11 is 0. The number of methoxy groups -OCH3 is 1. The van der Waals surface area contributed by atoms with E-state index in [-0.39, 0.29) is 11.6 Å². The molecular weight excluding hydrogens is 335 g/mol. The van der Waals surface area contributed by atoms with Crippen LogP contribution in [0.25, 0.3) is 11.4 Å². The molecule has 7 heteroatoms. The maximum absolute atomic E-state index is 13.9. The summed E-state index contributed by atoms with van der Waals surface area (Å²) in [6, 6.07) is 14.8. The van der Waals surface area contributed by atoms with Crippen LogP contribution in [0.1, 0.15) is 0 Å². The van der Waals surface area contributed by atoms with Crippen LogP contribution in [0.15, 0.2) is 53.1 Å². The number of aromatic nitrogens is 2. The first-order chi connectivity index (χ1) is 12.8. The van der Waals surface area contributed by atoms with Crippen LogP contribution in [0.2, 0.25) is 0 Å². The monoisotopic (exact) mass is 354 g/mol. The first-order valence-electron chi connectivity index (χ1n) is 8.48. The van der Waals surface area contributed by atoms with Gasteiger partial charge in [-0.05, 0) is 24.3 Å². The first kappa shape index (κ1) is 16.4. The molecule has 0 amide bonds. The fraction of sp³-hybridized carbons (Fsp3) is 0.263. The molecule has 4 rings (SSSR count). The highest BCUT2D eigenvalue weighted by molar-refractivity contribution is 5.60. The number of para-hydroxylation sites is 2. The van der Waals surface area contributed by atoms with Crippen LogP contribution in [0.3, 0.4) is 0 Å². The van der Waals surface area contributed by atoms with Gasteiger partial charge in [0.1, 0.15) is 11.6 Å². The van der Waals surface area contributed by atoms with Crippen molar-refractivity contribution in [2.75, 3.05) is 43.1 Å². The van der Waals surface area contributed by atoms with Gasteiger partial charge < -0.3 is 19.1 Å². The quantitative estimate of drug-likeness (QED) is 0.717. The Hall–Kier alpha value is -3.09. The second-order valence-electron chi connectivity index (χ2n) is 6.03. The number of rotatable bonds is 4. The molecular formula is C19H19FN4O2. The van der Waals surface area contributed by atoms with E-state index in [9.17, 15) is 4.39 Å². The van der Waals surface area contributed by atoms with Gasteiger partial charge in [0.05, 0.1) is 18.4 Å². The molecule has 0 aliphatic carbocycles. The number of nitrogens with zero attached hydrogens (tertiary/aromatic N) is 4. The molecule has 0 atom stereocenters. The second-order valence-corrected chi connectivity index (χ2v) is 6.03. The molecule has 3 aromatic rings. The van der Waals surface area contributed by atoms with Crippen molar-refractivity contribution < 1.29 is 13.7 Å². The smallest absolute Gasteiger partial charge is 0.324 e. The molecule has 0 N–H and O–H groups in total. The van der Waals surface area contributed by atoms with Crippen LogP contribution < -0.4 is 14.5 Å². The Morgan fingerprint density at radius 2 is 1.65 bits per heavy atom. The maximum Gasteiger partial charge on any atom is 0.324 e. The van der Waals surface area contributed by atoms with Crippen molar-refractivity contribution in [3.63, 3.8) is 0 Å². The summed E-state index contributed by atoms with van der Waals surface area (Å²) in [6.45, 7) is 3.07. The van der Waals surface area contributed by atoms with Crippen molar-refractivity contribution >= 4 is 11.7 Å². The van der Waals surface area contributed by atoms with Crippen LogP contribution in [-0.4, -0.2) is 43.4 Å². The van der Waals surface area contributed by atoms with Crippen molar-refractivity contribution in [3.05, 3.63) is 54.3 Å². The Bertz CT molecular complexity index is 891. The van der Waals surface area contributed by atoms with Gasteiger partial charge in [0.2, 0.25) is 5.82 Å². The highest BCUT2D eigenvalue weighted by Crippen LogP contribution is 2.29. The molecule has 134 valence electrons. The third kappa shape index (κ3) is 3.08. The molecule has 0 unspecified atom stereocenters. The Morgan fingerprint density at radius 3 is 2.42 bits per heavy atom. The molecule has 0 spiro atoms. The van der Waals surface area contributed by atoms with Crippen LogP contribution in [0, 0.1) is 5.82 Å². The fourth-order valence-electron chi connectivity index (χ4n) is 3.13. The van der Waals surface area contributed by atoms with E-state index in [1.54, 1.807) is 25.3 Å². The minimum absolute atomic E-state index is 0.269. The van der Waals surface area contributed by atoms with Gasteiger partial charge in [0.25, 0.3) is 0 Å². The molecule has 1 aliphatic rings. The topological polar surface area (TPSA) is 54.6 Å². The third-order valence-electron chi connectivity index (χ3n) is 4.51. The number of anilines is 2. The minimum Gasteiger partial charge on any atom is -0.495 e. The number of ether oxygens (including phenoxy) is 1. The van der Waals surface area contributed by atoms with Gasteiger partial charge in [-0.25, -0.2) is 4.39 Å². The van der Waals surface area contributed by atoms with Crippen molar-refractivity contribution in [1.82, 2.24) is 10.1 Å². The molecule has 1 aliphatic heterocycles. The lowest BCUT2D eigenvalue weighted by atomic mass is 10.2. The van der Waals surface area contributed by atoms with Crippen LogP contribution in [-0.2, 0) is 0 Å². The Balaban J connectivity index is 1.47. The average molecular weight is 354 g/mol. The second kappa shape index (κ2) is 7.03. The van der Waals surface area contributed by atoms with Gasteiger partial charge in [-0.15, -0.1) is 0 Å². The fourth-order valence-corrected chi connectivity index (χ4v) is 3.13. The van der Waals surface area contributed by atoms with Crippen LogP contribution in [0.5, 0.6) is 5.75 Å². The molecule has 2 aromatic carbocycles. The van der Waals surface area contributed by atoms with Gasteiger partial charge >= 0.3 is 6.01 Å². The summed E-state index contributed by atoms with van der Waals surface area (Å²) < 4.78 is 24.7. The number of piperazine rings is 1. The molecule has 0 bridgehead atoms. The van der Waals surface area contributed by atoms with Crippen molar-refractivity contribution in [1.29, 1.82) is 0 Å². The van der Waals surface area contributed by atoms with E-state index in [0.29, 0.717) is 11.6 Å². The summed E-state index contributed by atoms with van der Waals surface area (Å²) in [7, 11) is 1.68. The predicted molar refractivity (Wildman–Crippen MR) is 97.1 cm³/mol. The van der Waals surface area contributed by atoms with E-state index < -0.39 is 0 Å². The SMILES string of the molecule is COc1ccccc1N1CCN(c2nc(-c3ccccc3F)no2)CC1. The van der Waals surface area contributed by atoms with Crippen LogP contribution >= 0.6 is 0 Å². The molecule has 1 aromatic heterocycles. The lowest BCUT2D eigenvalue weighted by Gasteiger charge is -2.35. The molecule has 1 fully saturated rings. The Morgan fingerprint density at radius 1 is 0.962 bits per heavy atom. The van der Waals surface area contributed by atoms with Gasteiger partial charge in [-0.2, -0.15) is 4.98 Å². The zero-order valence-corrected chi connectivity index (χ0v) is 14.4. The Labute approximate surface area is 150 Å². The summed E-state index contributed by atoms with van der Waals surface area (Å²) in [5.41, 5.74) is 1.42. The highest BCUT2D eigenvalue weighted by Gasteiger charge is 2.23. The predicted octanol–water partition coefficient (Wildman–Crippen LogP) is 3.21. The summed E-state index contributed by atoms with van der Waals surface area (Å²) in [4.78, 5) is 8.65. The number of benzene rings is 2. The first-order valence-corrected chi connectivity index (χ1v) is 8.48. The van der Waals surface area contributed by atoms with Crippen molar-refractivity contribution in [2.24, 2.45) is 0 Å². The zero-order chi connectivity index (χ0) is 17.9. The van der Waals surface area contributed by atoms with E-state index in [4.69, 9.17) is 9.26 Å². The van der Waals surface area contributed by atoms with E-state index in [1.807, 2.05) is 23.1 Å². The number of hydrogen-bond donors (Lipinski definition) is 0. The average Bonchev–Trinajstić information content (AvgIpc) is 3.18. The highest BCUT2D eigenvalue weighted by atomic mass is 19.1. The molecule has 26 heavy (non-hydrogen) atoms. The zero-order valence-electron chi connectivity index (χ0n) is 14.4. The summed E-state index contributed by atoms with van der Waals surface area (Å²) in [5.74, 6) is 0.770. The maximum atomic E-state index is 13.9. The normalized spacial score (nSPS) is 14.5. The van der Waals surface area contributed by atoms with E-state index >= 15 is 0 Å². The number of halogens is 1. The molecule has 0 saturated carbocycles. The molecule has 0 radical (unpaired) electrons. The van der Waals surface area contributed by atoms with Gasteiger partial charge in [-0.1, -0.05) is 29.4 Å². The minimum atomic E-state index is -0.360.